The van der Waals surface area contributed by atoms with Gasteiger partial charge >= 0.3 is 0 Å². The lowest BCUT2D eigenvalue weighted by molar-refractivity contribution is 0.0618. The minimum absolute atomic E-state index is 0.171. The van der Waals surface area contributed by atoms with E-state index >= 15 is 0 Å². The van der Waals surface area contributed by atoms with Crippen molar-refractivity contribution in [3.63, 3.8) is 0 Å². The predicted octanol–water partition coefficient (Wildman–Crippen LogP) is 2.10. The average Bonchev–Trinajstić information content (AvgIpc) is 3.32. The average molecular weight is 283 g/mol. The molecule has 4 heteroatoms. The fourth-order valence-corrected chi connectivity index (χ4v) is 3.39. The molecule has 2 fully saturated rings. The number of fused-ring (bicyclic) bond motifs is 1. The zero-order valence-electron chi connectivity index (χ0n) is 12.5. The molecule has 1 saturated heterocycles. The van der Waals surface area contributed by atoms with Crippen molar-refractivity contribution >= 4 is 16.8 Å². The number of amides is 1. The van der Waals surface area contributed by atoms with Crippen molar-refractivity contribution in [3.8, 4) is 0 Å². The fourth-order valence-electron chi connectivity index (χ4n) is 3.39. The molecule has 0 spiro atoms. The minimum Gasteiger partial charge on any atom is -0.340 e. The topological polar surface area (TPSA) is 28.5 Å². The van der Waals surface area contributed by atoms with E-state index in [0.717, 1.165) is 48.8 Å². The van der Waals surface area contributed by atoms with Crippen molar-refractivity contribution in [3.05, 3.63) is 36.0 Å². The summed E-state index contributed by atoms with van der Waals surface area (Å²) >= 11 is 0. The smallest absolute Gasteiger partial charge is 0.270 e. The Balaban J connectivity index is 1.54. The molecule has 0 atom stereocenters. The van der Waals surface area contributed by atoms with E-state index in [1.807, 2.05) is 34.7 Å². The van der Waals surface area contributed by atoms with Crippen LogP contribution in [0.1, 0.15) is 23.3 Å². The number of benzene rings is 1. The fraction of sp³-hybridized carbons (Fsp3) is 0.471. The number of aryl methyl sites for hydroxylation is 1. The SMILES string of the molecule is Cn1c(C(=O)N2CCN(C3CC3)CC2)cc2ccccc21. The van der Waals surface area contributed by atoms with Gasteiger partial charge in [-0.2, -0.15) is 0 Å². The number of piperazine rings is 1. The Morgan fingerprint density at radius 1 is 1.10 bits per heavy atom. The first-order valence-electron chi connectivity index (χ1n) is 7.82. The van der Waals surface area contributed by atoms with Crippen LogP contribution in [0.5, 0.6) is 0 Å². The molecule has 2 aliphatic rings. The number of hydrogen-bond donors (Lipinski definition) is 0. The van der Waals surface area contributed by atoms with E-state index in [1.165, 1.54) is 12.8 Å². The lowest BCUT2D eigenvalue weighted by Crippen LogP contribution is -2.49. The molecular formula is C17H21N3O. The van der Waals surface area contributed by atoms with Crippen molar-refractivity contribution in [2.75, 3.05) is 26.2 Å². The van der Waals surface area contributed by atoms with Crippen LogP contribution in [-0.2, 0) is 7.05 Å². The first kappa shape index (κ1) is 12.9. The Hall–Kier alpha value is -1.81. The van der Waals surface area contributed by atoms with Crippen molar-refractivity contribution in [1.29, 1.82) is 0 Å². The number of nitrogens with zero attached hydrogens (tertiary/aromatic N) is 3. The van der Waals surface area contributed by atoms with Crippen LogP contribution in [0.15, 0.2) is 30.3 Å². The third-order valence-corrected chi connectivity index (χ3v) is 4.84. The van der Waals surface area contributed by atoms with Gasteiger partial charge in [-0.1, -0.05) is 18.2 Å². The summed E-state index contributed by atoms with van der Waals surface area (Å²) in [6.07, 6.45) is 2.69. The van der Waals surface area contributed by atoms with E-state index in [9.17, 15) is 4.79 Å². The number of hydrogen-bond acceptors (Lipinski definition) is 2. The summed E-state index contributed by atoms with van der Waals surface area (Å²) in [6.45, 7) is 3.77. The van der Waals surface area contributed by atoms with Crippen molar-refractivity contribution in [1.82, 2.24) is 14.4 Å². The highest BCUT2D eigenvalue weighted by Crippen LogP contribution is 2.28. The molecule has 1 aliphatic heterocycles. The molecule has 1 amide bonds. The molecule has 2 heterocycles. The number of para-hydroxylation sites is 1. The number of rotatable bonds is 2. The number of aromatic nitrogens is 1. The van der Waals surface area contributed by atoms with Crippen LogP contribution in [0.4, 0.5) is 0 Å². The maximum Gasteiger partial charge on any atom is 0.270 e. The molecule has 1 saturated carbocycles. The summed E-state index contributed by atoms with van der Waals surface area (Å²) in [5, 5.41) is 1.14. The number of carbonyl (C=O) groups is 1. The summed E-state index contributed by atoms with van der Waals surface area (Å²) in [4.78, 5) is 17.3. The quantitative estimate of drug-likeness (QED) is 0.844. The van der Waals surface area contributed by atoms with E-state index < -0.39 is 0 Å². The Labute approximate surface area is 124 Å². The molecule has 2 aromatic rings. The molecule has 0 radical (unpaired) electrons. The molecule has 1 aliphatic carbocycles. The summed E-state index contributed by atoms with van der Waals surface area (Å²) in [6, 6.07) is 11.0. The molecule has 0 unspecified atom stereocenters. The predicted molar refractivity (Wildman–Crippen MR) is 83.4 cm³/mol. The lowest BCUT2D eigenvalue weighted by atomic mass is 10.2. The highest BCUT2D eigenvalue weighted by Gasteiger charge is 2.32. The van der Waals surface area contributed by atoms with Crippen LogP contribution in [0.3, 0.4) is 0 Å². The zero-order chi connectivity index (χ0) is 14.4. The van der Waals surface area contributed by atoms with Crippen LogP contribution in [-0.4, -0.2) is 52.5 Å². The third-order valence-electron chi connectivity index (χ3n) is 4.84. The van der Waals surface area contributed by atoms with Crippen LogP contribution in [0.2, 0.25) is 0 Å². The largest absolute Gasteiger partial charge is 0.340 e. The zero-order valence-corrected chi connectivity index (χ0v) is 12.5. The highest BCUT2D eigenvalue weighted by molar-refractivity contribution is 5.98. The Bertz CT molecular complexity index is 678. The van der Waals surface area contributed by atoms with Crippen molar-refractivity contribution < 1.29 is 4.79 Å². The third kappa shape index (κ3) is 2.23. The van der Waals surface area contributed by atoms with Crippen LogP contribution < -0.4 is 0 Å². The summed E-state index contributed by atoms with van der Waals surface area (Å²) in [7, 11) is 1.98. The molecule has 110 valence electrons. The molecule has 1 aromatic carbocycles. The van der Waals surface area contributed by atoms with Gasteiger partial charge in [-0.05, 0) is 25.0 Å². The summed E-state index contributed by atoms with van der Waals surface area (Å²) in [5.74, 6) is 0.171. The second-order valence-electron chi connectivity index (χ2n) is 6.21. The van der Waals surface area contributed by atoms with Gasteiger partial charge < -0.3 is 9.47 Å². The van der Waals surface area contributed by atoms with Crippen LogP contribution in [0, 0.1) is 0 Å². The maximum atomic E-state index is 12.8. The summed E-state index contributed by atoms with van der Waals surface area (Å²) in [5.41, 5.74) is 1.92. The Kier molecular flexibility index (Phi) is 3.00. The van der Waals surface area contributed by atoms with Gasteiger partial charge in [-0.3, -0.25) is 9.69 Å². The van der Waals surface area contributed by atoms with E-state index in [2.05, 4.69) is 17.0 Å². The molecule has 4 nitrogen and oxygen atoms in total. The van der Waals surface area contributed by atoms with E-state index in [1.54, 1.807) is 0 Å². The monoisotopic (exact) mass is 283 g/mol. The Morgan fingerprint density at radius 3 is 2.48 bits per heavy atom. The standard InChI is InChI=1S/C17H21N3O/c1-18-15-5-3-2-4-13(15)12-16(18)17(21)20-10-8-19(9-11-20)14-6-7-14/h2-5,12,14H,6-11H2,1H3. The van der Waals surface area contributed by atoms with Crippen molar-refractivity contribution in [2.24, 2.45) is 7.05 Å². The molecule has 1 aromatic heterocycles. The van der Waals surface area contributed by atoms with E-state index in [4.69, 9.17) is 0 Å². The molecule has 21 heavy (non-hydrogen) atoms. The lowest BCUT2D eigenvalue weighted by Gasteiger charge is -2.34. The van der Waals surface area contributed by atoms with Gasteiger partial charge in [0, 0.05) is 50.2 Å². The first-order chi connectivity index (χ1) is 10.2. The molecule has 0 N–H and O–H groups in total. The number of carbonyl (C=O) groups excluding carboxylic acids is 1. The van der Waals surface area contributed by atoms with Gasteiger partial charge in [-0.15, -0.1) is 0 Å². The minimum atomic E-state index is 0.171. The van der Waals surface area contributed by atoms with Crippen LogP contribution >= 0.6 is 0 Å². The maximum absolute atomic E-state index is 12.8. The van der Waals surface area contributed by atoms with E-state index in [0.29, 0.717) is 0 Å². The van der Waals surface area contributed by atoms with Gasteiger partial charge in [0.05, 0.1) is 0 Å². The van der Waals surface area contributed by atoms with Gasteiger partial charge in [-0.25, -0.2) is 0 Å². The van der Waals surface area contributed by atoms with E-state index in [-0.39, 0.29) is 5.91 Å². The highest BCUT2D eigenvalue weighted by atomic mass is 16.2. The van der Waals surface area contributed by atoms with Gasteiger partial charge in [0.2, 0.25) is 0 Å². The Morgan fingerprint density at radius 2 is 1.81 bits per heavy atom. The molecular weight excluding hydrogens is 262 g/mol. The first-order valence-corrected chi connectivity index (χ1v) is 7.82. The van der Waals surface area contributed by atoms with Gasteiger partial charge in [0.25, 0.3) is 5.91 Å². The second kappa shape index (κ2) is 4.88. The molecule has 4 rings (SSSR count). The van der Waals surface area contributed by atoms with Crippen LogP contribution in [0.25, 0.3) is 10.9 Å². The molecule has 0 bridgehead atoms. The van der Waals surface area contributed by atoms with Gasteiger partial charge in [0.15, 0.2) is 0 Å². The van der Waals surface area contributed by atoms with Crippen molar-refractivity contribution in [2.45, 2.75) is 18.9 Å². The summed E-state index contributed by atoms with van der Waals surface area (Å²) < 4.78 is 2.02. The van der Waals surface area contributed by atoms with Gasteiger partial charge in [0.1, 0.15) is 5.69 Å². The normalized spacial score (nSPS) is 20.1. The second-order valence-corrected chi connectivity index (χ2v) is 6.21.